The third-order valence-electron chi connectivity index (χ3n) is 1.51. The van der Waals surface area contributed by atoms with Crippen LogP contribution in [0, 0.1) is 0 Å². The molecule has 80 valence electrons. The Morgan fingerprint density at radius 2 is 1.77 bits per heavy atom. The molecule has 0 aliphatic heterocycles. The lowest BCUT2D eigenvalue weighted by molar-refractivity contribution is 0.161. The van der Waals surface area contributed by atoms with Crippen molar-refractivity contribution in [2.24, 2.45) is 0 Å². The van der Waals surface area contributed by atoms with Crippen molar-refractivity contribution in [3.63, 3.8) is 0 Å². The van der Waals surface area contributed by atoms with Gasteiger partial charge in [-0.25, -0.2) is 0 Å². The lowest BCUT2D eigenvalue weighted by atomic mass is 10.2. The Morgan fingerprint density at radius 3 is 2.23 bits per heavy atom. The molecule has 0 aromatic rings. The molecule has 0 fully saturated rings. The first-order valence-electron chi connectivity index (χ1n) is 5.03. The normalized spacial score (nSPS) is 14.5. The lowest BCUT2D eigenvalue weighted by Crippen LogP contribution is -2.21. The molecule has 0 saturated carbocycles. The zero-order chi connectivity index (χ0) is 10.3. The van der Waals surface area contributed by atoms with E-state index >= 15 is 0 Å². The molecule has 0 N–H and O–H groups in total. The molecule has 0 rings (SSSR count). The molecule has 0 aliphatic rings. The predicted molar refractivity (Wildman–Crippen MR) is 64.6 cm³/mol. The van der Waals surface area contributed by atoms with Crippen LogP contribution < -0.4 is 0 Å². The summed E-state index contributed by atoms with van der Waals surface area (Å²) in [5.41, 5.74) is -0.0738. The van der Waals surface area contributed by atoms with Crippen LogP contribution in [0.4, 0.5) is 0 Å². The van der Waals surface area contributed by atoms with Crippen molar-refractivity contribution in [1.29, 1.82) is 0 Å². The Labute approximate surface area is 90.0 Å². The summed E-state index contributed by atoms with van der Waals surface area (Å²) in [5.74, 6) is 1.05. The summed E-state index contributed by atoms with van der Waals surface area (Å²) in [6.45, 7) is 8.40. The third-order valence-corrected chi connectivity index (χ3v) is 3.52. The fraction of sp³-hybridized carbons (Fsp3) is 1.00. The molecule has 0 aromatic carbocycles. The molecule has 0 bridgehead atoms. The number of hydrogen-bond acceptors (Lipinski definition) is 2. The molecule has 0 aromatic heterocycles. The molecule has 0 heterocycles. The van der Waals surface area contributed by atoms with Crippen LogP contribution in [0.25, 0.3) is 0 Å². The Morgan fingerprint density at radius 1 is 1.15 bits per heavy atom. The van der Waals surface area contributed by atoms with Crippen molar-refractivity contribution < 1.29 is 4.18 Å². The van der Waals surface area contributed by atoms with Gasteiger partial charge in [0.05, 0.1) is 5.60 Å². The Bertz CT molecular complexity index is 149. The zero-order valence-corrected chi connectivity index (χ0v) is 10.9. The quantitative estimate of drug-likeness (QED) is 0.637. The first-order chi connectivity index (χ1) is 5.95. The van der Waals surface area contributed by atoms with Gasteiger partial charge in [0.25, 0.3) is 0 Å². The van der Waals surface area contributed by atoms with Crippen molar-refractivity contribution >= 4 is 20.9 Å². The van der Waals surface area contributed by atoms with Crippen LogP contribution >= 0.6 is 0 Å². The maximum absolute atomic E-state index is 5.66. The Balaban J connectivity index is 3.41. The molecule has 13 heavy (non-hydrogen) atoms. The third kappa shape index (κ3) is 10.5. The van der Waals surface area contributed by atoms with Gasteiger partial charge in [0.15, 0.2) is 0 Å². The molecule has 1 atom stereocenters. The fourth-order valence-corrected chi connectivity index (χ4v) is 3.01. The predicted octanol–water partition coefficient (Wildman–Crippen LogP) is 3.38. The molecule has 0 aliphatic carbocycles. The van der Waals surface area contributed by atoms with Crippen molar-refractivity contribution in [2.75, 3.05) is 5.75 Å². The first-order valence-corrected chi connectivity index (χ1v) is 7.28. The minimum absolute atomic E-state index is 0.0738. The van der Waals surface area contributed by atoms with Crippen LogP contribution in [-0.4, -0.2) is 11.4 Å². The highest BCUT2D eigenvalue weighted by molar-refractivity contribution is 8.26. The van der Waals surface area contributed by atoms with Crippen LogP contribution in [0.5, 0.6) is 0 Å². The first kappa shape index (κ1) is 13.5. The van der Waals surface area contributed by atoms with Crippen LogP contribution in [0.1, 0.15) is 53.4 Å². The van der Waals surface area contributed by atoms with Gasteiger partial charge in [-0.3, -0.25) is 0 Å². The van der Waals surface area contributed by atoms with E-state index in [2.05, 4.69) is 27.7 Å². The van der Waals surface area contributed by atoms with E-state index in [9.17, 15) is 0 Å². The van der Waals surface area contributed by atoms with E-state index in [0.717, 1.165) is 5.75 Å². The standard InChI is InChI=1S/C10H22OS2/c1-5-6-7-8-9-13(12)11-10(2,3)4/h5-9H2,1-4H3. The van der Waals surface area contributed by atoms with Gasteiger partial charge < -0.3 is 4.18 Å². The topological polar surface area (TPSA) is 9.23 Å². The molecule has 0 spiro atoms. The molecule has 3 heteroatoms. The van der Waals surface area contributed by atoms with E-state index in [1.807, 2.05) is 0 Å². The monoisotopic (exact) mass is 222 g/mol. The Hall–Kier alpha value is 0.530. The SMILES string of the molecule is CCCCCCS(=S)OC(C)(C)C. The minimum Gasteiger partial charge on any atom is -0.307 e. The van der Waals surface area contributed by atoms with Gasteiger partial charge in [0.1, 0.15) is 0 Å². The summed E-state index contributed by atoms with van der Waals surface area (Å²) < 4.78 is 5.66. The van der Waals surface area contributed by atoms with Gasteiger partial charge in [-0.05, 0) is 38.4 Å². The highest BCUT2D eigenvalue weighted by Gasteiger charge is 2.12. The molecule has 0 amide bonds. The molecule has 1 nitrogen and oxygen atoms in total. The van der Waals surface area contributed by atoms with Crippen molar-refractivity contribution in [3.05, 3.63) is 0 Å². The summed E-state index contributed by atoms with van der Waals surface area (Å²) >= 11 is 5.24. The smallest absolute Gasteiger partial charge is 0.0748 e. The summed E-state index contributed by atoms with van der Waals surface area (Å²) in [5, 5.41) is 0. The fourth-order valence-electron chi connectivity index (χ4n) is 0.967. The zero-order valence-electron chi connectivity index (χ0n) is 9.26. The Kier molecular flexibility index (Phi) is 7.19. The number of unbranched alkanes of at least 4 members (excludes halogenated alkanes) is 3. The highest BCUT2D eigenvalue weighted by Crippen LogP contribution is 2.11. The number of hydrogen-bond donors (Lipinski definition) is 0. The van der Waals surface area contributed by atoms with Gasteiger partial charge in [-0.1, -0.05) is 26.2 Å². The maximum Gasteiger partial charge on any atom is 0.0748 e. The van der Waals surface area contributed by atoms with Gasteiger partial charge in [0, 0.05) is 15.5 Å². The van der Waals surface area contributed by atoms with Crippen molar-refractivity contribution in [3.8, 4) is 0 Å². The molecular weight excluding hydrogens is 200 g/mol. The van der Waals surface area contributed by atoms with E-state index in [4.69, 9.17) is 15.4 Å². The van der Waals surface area contributed by atoms with Gasteiger partial charge >= 0.3 is 0 Å². The van der Waals surface area contributed by atoms with Gasteiger partial charge in [-0.2, -0.15) is 0 Å². The van der Waals surface area contributed by atoms with E-state index in [-0.39, 0.29) is 15.3 Å². The summed E-state index contributed by atoms with van der Waals surface area (Å²) in [6.07, 6.45) is 5.12. The maximum atomic E-state index is 5.66. The second-order valence-corrected chi connectivity index (χ2v) is 6.56. The average molecular weight is 222 g/mol. The molecule has 0 radical (unpaired) electrons. The summed E-state index contributed by atoms with van der Waals surface area (Å²) in [6, 6.07) is 0. The lowest BCUT2D eigenvalue weighted by Gasteiger charge is -2.19. The van der Waals surface area contributed by atoms with E-state index in [1.165, 1.54) is 25.7 Å². The van der Waals surface area contributed by atoms with Crippen molar-refractivity contribution in [2.45, 2.75) is 59.0 Å². The van der Waals surface area contributed by atoms with E-state index < -0.39 is 0 Å². The summed E-state index contributed by atoms with van der Waals surface area (Å²) in [7, 11) is -0.260. The second-order valence-electron chi connectivity index (χ2n) is 4.26. The van der Waals surface area contributed by atoms with Gasteiger partial charge in [0.2, 0.25) is 0 Å². The number of rotatable bonds is 6. The van der Waals surface area contributed by atoms with Gasteiger partial charge in [-0.15, -0.1) is 0 Å². The van der Waals surface area contributed by atoms with Crippen LogP contribution in [0.3, 0.4) is 0 Å². The summed E-state index contributed by atoms with van der Waals surface area (Å²) in [4.78, 5) is 0. The van der Waals surface area contributed by atoms with Crippen molar-refractivity contribution in [1.82, 2.24) is 0 Å². The second kappa shape index (κ2) is 6.91. The van der Waals surface area contributed by atoms with Crippen LogP contribution in [0.2, 0.25) is 0 Å². The largest absolute Gasteiger partial charge is 0.307 e. The average Bonchev–Trinajstić information content (AvgIpc) is 1.94. The molecule has 0 saturated heterocycles. The molecular formula is C10H22OS2. The van der Waals surface area contributed by atoms with Crippen LogP contribution in [-0.2, 0) is 25.1 Å². The van der Waals surface area contributed by atoms with Crippen LogP contribution in [0.15, 0.2) is 0 Å². The van der Waals surface area contributed by atoms with E-state index in [0.29, 0.717) is 0 Å². The highest BCUT2D eigenvalue weighted by atomic mass is 32.8. The van der Waals surface area contributed by atoms with E-state index in [1.54, 1.807) is 0 Å². The minimum atomic E-state index is -0.260. The molecule has 1 unspecified atom stereocenters.